The SMILES string of the molecule is COC1CNCC2=CCCC3=C2N1C=CC3(C)C. The van der Waals surface area contributed by atoms with Crippen molar-refractivity contribution in [1.82, 2.24) is 10.2 Å². The minimum absolute atomic E-state index is 0.103. The molecule has 2 aliphatic heterocycles. The Balaban J connectivity index is 2.11. The summed E-state index contributed by atoms with van der Waals surface area (Å²) in [6.45, 7) is 6.45. The summed E-state index contributed by atoms with van der Waals surface area (Å²) in [7, 11) is 1.79. The zero-order valence-electron chi connectivity index (χ0n) is 11.5. The van der Waals surface area contributed by atoms with Gasteiger partial charge in [0.1, 0.15) is 6.23 Å². The standard InChI is InChI=1S/C15H22N2O/c1-15(2)7-8-17-13(18-3)10-16-9-11-5-4-6-12(15)14(11)17/h5,7-8,13,16H,4,6,9-10H2,1-3H3. The molecule has 0 amide bonds. The third-order valence-electron chi connectivity index (χ3n) is 4.28. The van der Waals surface area contributed by atoms with Crippen LogP contribution in [0.15, 0.2) is 35.2 Å². The lowest BCUT2D eigenvalue weighted by Crippen LogP contribution is -2.40. The molecule has 3 nitrogen and oxygen atoms in total. The summed E-state index contributed by atoms with van der Waals surface area (Å²) in [5, 5.41) is 3.48. The van der Waals surface area contributed by atoms with Crippen molar-refractivity contribution in [3.05, 3.63) is 35.2 Å². The van der Waals surface area contributed by atoms with Gasteiger partial charge < -0.3 is 15.0 Å². The Morgan fingerprint density at radius 3 is 3.06 bits per heavy atom. The molecule has 3 aliphatic rings. The van der Waals surface area contributed by atoms with E-state index in [1.54, 1.807) is 12.7 Å². The van der Waals surface area contributed by atoms with Gasteiger partial charge in [0, 0.05) is 37.5 Å². The summed E-state index contributed by atoms with van der Waals surface area (Å²) in [5.41, 5.74) is 4.58. The first-order valence-corrected chi connectivity index (χ1v) is 6.78. The van der Waals surface area contributed by atoms with Crippen LogP contribution in [0.3, 0.4) is 0 Å². The van der Waals surface area contributed by atoms with E-state index in [1.165, 1.54) is 24.1 Å². The van der Waals surface area contributed by atoms with Gasteiger partial charge in [-0.25, -0.2) is 0 Å². The number of ether oxygens (including phenoxy) is 1. The van der Waals surface area contributed by atoms with Gasteiger partial charge in [-0.3, -0.25) is 0 Å². The zero-order chi connectivity index (χ0) is 12.8. The lowest BCUT2D eigenvalue weighted by molar-refractivity contribution is 0.0158. The quantitative estimate of drug-likeness (QED) is 0.769. The second-order valence-electron chi connectivity index (χ2n) is 5.86. The van der Waals surface area contributed by atoms with E-state index >= 15 is 0 Å². The fraction of sp³-hybridized carbons (Fsp3) is 0.600. The van der Waals surface area contributed by atoms with Crippen LogP contribution >= 0.6 is 0 Å². The van der Waals surface area contributed by atoms with Gasteiger partial charge in [-0.15, -0.1) is 0 Å². The molecule has 1 N–H and O–H groups in total. The molecule has 98 valence electrons. The summed E-state index contributed by atoms with van der Waals surface area (Å²) in [6.07, 6.45) is 9.34. The minimum Gasteiger partial charge on any atom is -0.360 e. The number of hydrogen-bond donors (Lipinski definition) is 1. The summed E-state index contributed by atoms with van der Waals surface area (Å²) in [6, 6.07) is 0. The number of hydrogen-bond acceptors (Lipinski definition) is 3. The summed E-state index contributed by atoms with van der Waals surface area (Å²) < 4.78 is 5.62. The predicted octanol–water partition coefficient (Wildman–Crippen LogP) is 2.39. The van der Waals surface area contributed by atoms with Crippen LogP contribution < -0.4 is 5.32 Å². The third-order valence-corrected chi connectivity index (χ3v) is 4.28. The van der Waals surface area contributed by atoms with Crippen molar-refractivity contribution in [3.8, 4) is 0 Å². The van der Waals surface area contributed by atoms with Crippen LogP contribution in [0.25, 0.3) is 0 Å². The second-order valence-corrected chi connectivity index (χ2v) is 5.86. The topological polar surface area (TPSA) is 24.5 Å². The molecule has 1 atom stereocenters. The van der Waals surface area contributed by atoms with E-state index in [2.05, 4.69) is 42.4 Å². The number of nitrogens with one attached hydrogen (secondary N) is 1. The average molecular weight is 246 g/mol. The van der Waals surface area contributed by atoms with Crippen molar-refractivity contribution in [2.45, 2.75) is 32.9 Å². The normalized spacial score (nSPS) is 29.8. The van der Waals surface area contributed by atoms with Crippen molar-refractivity contribution in [1.29, 1.82) is 0 Å². The largest absolute Gasteiger partial charge is 0.360 e. The van der Waals surface area contributed by atoms with E-state index in [-0.39, 0.29) is 11.6 Å². The number of allylic oxidation sites excluding steroid dienone is 3. The van der Waals surface area contributed by atoms with Crippen LogP contribution in [0.4, 0.5) is 0 Å². The van der Waals surface area contributed by atoms with Gasteiger partial charge in [0.05, 0.1) is 0 Å². The van der Waals surface area contributed by atoms with Gasteiger partial charge in [-0.05, 0) is 24.0 Å². The molecule has 0 bridgehead atoms. The van der Waals surface area contributed by atoms with Gasteiger partial charge >= 0.3 is 0 Å². The molecule has 0 aromatic heterocycles. The molecule has 1 saturated heterocycles. The summed E-state index contributed by atoms with van der Waals surface area (Å²) in [5.74, 6) is 0. The minimum atomic E-state index is 0.103. The molecular formula is C15H22N2O. The molecule has 1 aliphatic carbocycles. The van der Waals surface area contributed by atoms with Crippen molar-refractivity contribution in [2.75, 3.05) is 20.2 Å². The van der Waals surface area contributed by atoms with E-state index in [1.807, 2.05) is 0 Å². The highest BCUT2D eigenvalue weighted by Crippen LogP contribution is 2.44. The van der Waals surface area contributed by atoms with E-state index in [0.717, 1.165) is 13.1 Å². The van der Waals surface area contributed by atoms with Crippen molar-refractivity contribution in [3.63, 3.8) is 0 Å². The van der Waals surface area contributed by atoms with Gasteiger partial charge in [-0.1, -0.05) is 26.0 Å². The molecule has 3 heteroatoms. The fourth-order valence-corrected chi connectivity index (χ4v) is 3.21. The van der Waals surface area contributed by atoms with Crippen LogP contribution in [0.1, 0.15) is 26.7 Å². The van der Waals surface area contributed by atoms with Gasteiger partial charge in [0.25, 0.3) is 0 Å². The van der Waals surface area contributed by atoms with Gasteiger partial charge in [0.15, 0.2) is 0 Å². The molecule has 0 aromatic carbocycles. The Morgan fingerprint density at radius 2 is 2.28 bits per heavy atom. The first kappa shape index (κ1) is 12.0. The van der Waals surface area contributed by atoms with Crippen molar-refractivity contribution in [2.24, 2.45) is 5.41 Å². The second kappa shape index (κ2) is 4.25. The van der Waals surface area contributed by atoms with Crippen LogP contribution in [-0.2, 0) is 4.74 Å². The maximum atomic E-state index is 5.62. The lowest BCUT2D eigenvalue weighted by Gasteiger charge is -2.41. The highest BCUT2D eigenvalue weighted by Gasteiger charge is 2.36. The summed E-state index contributed by atoms with van der Waals surface area (Å²) >= 11 is 0. The first-order chi connectivity index (χ1) is 8.63. The lowest BCUT2D eigenvalue weighted by atomic mass is 9.75. The molecule has 18 heavy (non-hydrogen) atoms. The number of rotatable bonds is 1. The molecule has 0 saturated carbocycles. The highest BCUT2D eigenvalue weighted by atomic mass is 16.5. The van der Waals surface area contributed by atoms with E-state index < -0.39 is 0 Å². The third kappa shape index (κ3) is 1.73. The van der Waals surface area contributed by atoms with E-state index in [0.29, 0.717) is 0 Å². The number of methoxy groups -OCH3 is 1. The molecule has 2 heterocycles. The molecule has 1 fully saturated rings. The van der Waals surface area contributed by atoms with Crippen LogP contribution in [-0.4, -0.2) is 31.3 Å². The fourth-order valence-electron chi connectivity index (χ4n) is 3.21. The Labute approximate surface area is 109 Å². The average Bonchev–Trinajstić information content (AvgIpc) is 2.54. The van der Waals surface area contributed by atoms with Crippen molar-refractivity contribution >= 4 is 0 Å². The molecule has 0 radical (unpaired) electrons. The highest BCUT2D eigenvalue weighted by molar-refractivity contribution is 5.46. The molecule has 1 unspecified atom stereocenters. The Morgan fingerprint density at radius 1 is 1.44 bits per heavy atom. The van der Waals surface area contributed by atoms with Crippen LogP contribution in [0.2, 0.25) is 0 Å². The van der Waals surface area contributed by atoms with E-state index in [4.69, 9.17) is 4.74 Å². The van der Waals surface area contributed by atoms with Crippen LogP contribution in [0.5, 0.6) is 0 Å². The summed E-state index contributed by atoms with van der Waals surface area (Å²) in [4.78, 5) is 2.31. The molecular weight excluding hydrogens is 224 g/mol. The molecule has 0 spiro atoms. The van der Waals surface area contributed by atoms with Crippen LogP contribution in [0, 0.1) is 5.41 Å². The zero-order valence-corrected chi connectivity index (χ0v) is 11.5. The van der Waals surface area contributed by atoms with E-state index in [9.17, 15) is 0 Å². The first-order valence-electron chi connectivity index (χ1n) is 6.78. The number of nitrogens with zero attached hydrogens (tertiary/aromatic N) is 1. The maximum Gasteiger partial charge on any atom is 0.146 e. The Bertz CT molecular complexity index is 445. The smallest absolute Gasteiger partial charge is 0.146 e. The van der Waals surface area contributed by atoms with Gasteiger partial charge in [-0.2, -0.15) is 0 Å². The maximum absolute atomic E-state index is 5.62. The molecule has 3 rings (SSSR count). The van der Waals surface area contributed by atoms with Crippen molar-refractivity contribution < 1.29 is 4.74 Å². The molecule has 0 aromatic rings. The Kier molecular flexibility index (Phi) is 2.83. The predicted molar refractivity (Wildman–Crippen MR) is 72.8 cm³/mol. The van der Waals surface area contributed by atoms with Gasteiger partial charge in [0.2, 0.25) is 0 Å². The Hall–Kier alpha value is -1.06. The monoisotopic (exact) mass is 246 g/mol.